The lowest BCUT2D eigenvalue weighted by molar-refractivity contribution is 0.0873. The van der Waals surface area contributed by atoms with Crippen molar-refractivity contribution < 1.29 is 9.18 Å². The number of nitrogens with one attached hydrogen (secondary N) is 2. The average Bonchev–Trinajstić information content (AvgIpc) is 2.27. The molecule has 0 aromatic heterocycles. The number of hydrogen-bond donors (Lipinski definition) is 3. The molecule has 0 radical (unpaired) electrons. The van der Waals surface area contributed by atoms with Crippen molar-refractivity contribution in [2.45, 2.75) is 57.7 Å². The highest BCUT2D eigenvalue weighted by Gasteiger charge is 2.38. The molecule has 4 nitrogen and oxygen atoms in total. The number of nitrogens with two attached hydrogens (primary N) is 1. The normalized spacial score (nSPS) is 21.0. The van der Waals surface area contributed by atoms with Gasteiger partial charge in [-0.05, 0) is 58.7 Å². The van der Waals surface area contributed by atoms with Crippen LogP contribution in [-0.2, 0) is 0 Å². The Kier molecular flexibility index (Phi) is 3.97. The number of hydrogen-bond acceptors (Lipinski definition) is 3. The molecule has 1 aromatic rings. The Hall–Kier alpha value is -1.62. The predicted molar refractivity (Wildman–Crippen MR) is 82.6 cm³/mol. The Morgan fingerprint density at radius 3 is 2.43 bits per heavy atom. The first kappa shape index (κ1) is 15.8. The summed E-state index contributed by atoms with van der Waals surface area (Å²) in [6.07, 6.45) is 1.63. The summed E-state index contributed by atoms with van der Waals surface area (Å²) >= 11 is 0. The van der Waals surface area contributed by atoms with Crippen molar-refractivity contribution in [3.8, 4) is 0 Å². The molecule has 116 valence electrons. The summed E-state index contributed by atoms with van der Waals surface area (Å²) in [5.41, 5.74) is 6.13. The van der Waals surface area contributed by atoms with E-state index in [-0.39, 0.29) is 28.6 Å². The minimum Gasteiger partial charge on any atom is -0.398 e. The standard InChI is InChI=1S/C16H24FN3O/c1-15(2)8-11(9-16(3,4)20-15)19-14(21)12-7-10(17)5-6-13(12)18/h5-7,11,20H,8-9,18H2,1-4H3,(H,19,21). The third-order valence-electron chi connectivity index (χ3n) is 3.79. The van der Waals surface area contributed by atoms with E-state index >= 15 is 0 Å². The lowest BCUT2D eigenvalue weighted by atomic mass is 9.79. The quantitative estimate of drug-likeness (QED) is 0.734. The molecule has 0 spiro atoms. The molecule has 1 heterocycles. The summed E-state index contributed by atoms with van der Waals surface area (Å²) in [4.78, 5) is 12.3. The van der Waals surface area contributed by atoms with Gasteiger partial charge >= 0.3 is 0 Å². The summed E-state index contributed by atoms with van der Waals surface area (Å²) in [6.45, 7) is 8.46. The number of carbonyl (C=O) groups is 1. The van der Waals surface area contributed by atoms with Crippen LogP contribution in [0.1, 0.15) is 50.9 Å². The molecule has 21 heavy (non-hydrogen) atoms. The van der Waals surface area contributed by atoms with Gasteiger partial charge in [0.15, 0.2) is 0 Å². The number of amides is 1. The van der Waals surface area contributed by atoms with Crippen molar-refractivity contribution in [1.82, 2.24) is 10.6 Å². The molecule has 5 heteroatoms. The Labute approximate surface area is 125 Å². The van der Waals surface area contributed by atoms with Gasteiger partial charge in [-0.2, -0.15) is 0 Å². The molecule has 1 aliphatic rings. The van der Waals surface area contributed by atoms with Crippen LogP contribution in [-0.4, -0.2) is 23.0 Å². The number of rotatable bonds is 2. The Balaban J connectivity index is 2.14. The second-order valence-corrected chi connectivity index (χ2v) is 7.20. The first-order valence-electron chi connectivity index (χ1n) is 7.23. The minimum atomic E-state index is -0.458. The van der Waals surface area contributed by atoms with E-state index in [1.54, 1.807) is 0 Å². The summed E-state index contributed by atoms with van der Waals surface area (Å²) in [6, 6.07) is 3.89. The first-order valence-corrected chi connectivity index (χ1v) is 7.23. The third-order valence-corrected chi connectivity index (χ3v) is 3.79. The van der Waals surface area contributed by atoms with Crippen LogP contribution >= 0.6 is 0 Å². The molecule has 0 atom stereocenters. The van der Waals surface area contributed by atoms with Crippen LogP contribution in [0.15, 0.2) is 18.2 Å². The van der Waals surface area contributed by atoms with Gasteiger partial charge in [0.05, 0.1) is 5.56 Å². The van der Waals surface area contributed by atoms with Crippen LogP contribution < -0.4 is 16.4 Å². The molecule has 0 aliphatic carbocycles. The van der Waals surface area contributed by atoms with Crippen LogP contribution in [0.3, 0.4) is 0 Å². The average molecular weight is 293 g/mol. The zero-order chi connectivity index (χ0) is 15.8. The van der Waals surface area contributed by atoms with E-state index in [4.69, 9.17) is 5.73 Å². The van der Waals surface area contributed by atoms with E-state index in [0.717, 1.165) is 12.8 Å². The van der Waals surface area contributed by atoms with Gasteiger partial charge < -0.3 is 16.4 Å². The molecule has 1 amide bonds. The largest absolute Gasteiger partial charge is 0.398 e. The Morgan fingerprint density at radius 2 is 1.86 bits per heavy atom. The second kappa shape index (κ2) is 5.30. The summed E-state index contributed by atoms with van der Waals surface area (Å²) in [7, 11) is 0. The number of carbonyl (C=O) groups excluding carboxylic acids is 1. The molecule has 0 unspecified atom stereocenters. The predicted octanol–water partition coefficient (Wildman–Crippen LogP) is 2.45. The van der Waals surface area contributed by atoms with Gasteiger partial charge in [-0.3, -0.25) is 4.79 Å². The van der Waals surface area contributed by atoms with E-state index in [9.17, 15) is 9.18 Å². The first-order chi connectivity index (χ1) is 9.58. The van der Waals surface area contributed by atoms with Crippen LogP contribution in [0.25, 0.3) is 0 Å². The SMILES string of the molecule is CC1(C)CC(NC(=O)c2cc(F)ccc2N)CC(C)(C)N1. The fraction of sp³-hybridized carbons (Fsp3) is 0.562. The molecular formula is C16H24FN3O. The van der Waals surface area contributed by atoms with Gasteiger partial charge in [-0.25, -0.2) is 4.39 Å². The van der Waals surface area contributed by atoms with E-state index < -0.39 is 5.82 Å². The second-order valence-electron chi connectivity index (χ2n) is 7.20. The molecule has 1 aliphatic heterocycles. The molecule has 1 saturated heterocycles. The summed E-state index contributed by atoms with van der Waals surface area (Å²) in [5, 5.41) is 6.55. The van der Waals surface area contributed by atoms with Gasteiger partial charge in [0.2, 0.25) is 0 Å². The van der Waals surface area contributed by atoms with Gasteiger partial charge in [0.25, 0.3) is 5.91 Å². The van der Waals surface area contributed by atoms with E-state index in [0.29, 0.717) is 5.69 Å². The van der Waals surface area contributed by atoms with Crippen molar-refractivity contribution in [2.24, 2.45) is 0 Å². The lowest BCUT2D eigenvalue weighted by Gasteiger charge is -2.46. The fourth-order valence-corrected chi connectivity index (χ4v) is 3.41. The van der Waals surface area contributed by atoms with Gasteiger partial charge in [-0.15, -0.1) is 0 Å². The van der Waals surface area contributed by atoms with Crippen molar-refractivity contribution in [3.63, 3.8) is 0 Å². The third kappa shape index (κ3) is 3.94. The maximum atomic E-state index is 13.3. The van der Waals surface area contributed by atoms with Gasteiger partial charge in [0.1, 0.15) is 5.82 Å². The Bertz CT molecular complexity index is 538. The van der Waals surface area contributed by atoms with Crippen LogP contribution in [0, 0.1) is 5.82 Å². The van der Waals surface area contributed by atoms with E-state index in [1.807, 2.05) is 0 Å². The maximum absolute atomic E-state index is 13.3. The maximum Gasteiger partial charge on any atom is 0.253 e. The van der Waals surface area contributed by atoms with Crippen LogP contribution in [0.5, 0.6) is 0 Å². The van der Waals surface area contributed by atoms with E-state index in [2.05, 4.69) is 38.3 Å². The van der Waals surface area contributed by atoms with Crippen LogP contribution in [0.4, 0.5) is 10.1 Å². The lowest BCUT2D eigenvalue weighted by Crippen LogP contribution is -2.62. The van der Waals surface area contributed by atoms with Crippen molar-refractivity contribution in [3.05, 3.63) is 29.6 Å². The molecule has 0 bridgehead atoms. The van der Waals surface area contributed by atoms with Crippen molar-refractivity contribution in [2.75, 3.05) is 5.73 Å². The van der Waals surface area contributed by atoms with Gasteiger partial charge in [0, 0.05) is 22.8 Å². The molecule has 4 N–H and O–H groups in total. The topological polar surface area (TPSA) is 67.2 Å². The fourth-order valence-electron chi connectivity index (χ4n) is 3.41. The number of nitrogen functional groups attached to an aromatic ring is 1. The highest BCUT2D eigenvalue weighted by atomic mass is 19.1. The highest BCUT2D eigenvalue weighted by molar-refractivity contribution is 5.99. The summed E-state index contributed by atoms with van der Waals surface area (Å²) < 4.78 is 13.3. The number of halogens is 1. The van der Waals surface area contributed by atoms with E-state index in [1.165, 1.54) is 18.2 Å². The molecule has 2 rings (SSSR count). The number of anilines is 1. The van der Waals surface area contributed by atoms with Crippen LogP contribution in [0.2, 0.25) is 0 Å². The summed E-state index contributed by atoms with van der Waals surface area (Å²) in [5.74, 6) is -0.772. The molecule has 0 saturated carbocycles. The van der Waals surface area contributed by atoms with Gasteiger partial charge in [-0.1, -0.05) is 0 Å². The zero-order valence-corrected chi connectivity index (χ0v) is 13.1. The smallest absolute Gasteiger partial charge is 0.253 e. The number of piperidine rings is 1. The monoisotopic (exact) mass is 293 g/mol. The highest BCUT2D eigenvalue weighted by Crippen LogP contribution is 2.28. The molecular weight excluding hydrogens is 269 g/mol. The zero-order valence-electron chi connectivity index (χ0n) is 13.1. The van der Waals surface area contributed by atoms with Crippen molar-refractivity contribution >= 4 is 11.6 Å². The van der Waals surface area contributed by atoms with Crippen molar-refractivity contribution in [1.29, 1.82) is 0 Å². The molecule has 1 aromatic carbocycles. The minimum absolute atomic E-state index is 0.0337. The molecule has 1 fully saturated rings. The Morgan fingerprint density at radius 1 is 1.29 bits per heavy atom. The number of benzene rings is 1.